The molecule has 116 valence electrons. The summed E-state index contributed by atoms with van der Waals surface area (Å²) in [4.78, 5) is 12.3. The summed E-state index contributed by atoms with van der Waals surface area (Å²) in [7, 11) is 1.63. The second kappa shape index (κ2) is 6.22. The number of aryl methyl sites for hydroxylation is 1. The Morgan fingerprint density at radius 3 is 2.82 bits per heavy atom. The van der Waals surface area contributed by atoms with E-state index >= 15 is 0 Å². The number of hydrogen-bond donors (Lipinski definition) is 1. The molecule has 5 heteroatoms. The summed E-state index contributed by atoms with van der Waals surface area (Å²) >= 11 is 0. The zero-order valence-electron chi connectivity index (χ0n) is 13.0. The van der Waals surface area contributed by atoms with E-state index in [0.29, 0.717) is 11.7 Å². The topological polar surface area (TPSA) is 56.2 Å². The summed E-state index contributed by atoms with van der Waals surface area (Å²) in [5, 5.41) is 7.52. The Morgan fingerprint density at radius 1 is 1.32 bits per heavy atom. The smallest absolute Gasteiger partial charge is 0.272 e. The van der Waals surface area contributed by atoms with Gasteiger partial charge in [-0.2, -0.15) is 5.10 Å². The zero-order chi connectivity index (χ0) is 15.5. The largest absolute Gasteiger partial charge is 0.497 e. The van der Waals surface area contributed by atoms with Crippen molar-refractivity contribution in [2.24, 2.45) is 0 Å². The molecule has 1 aliphatic rings. The van der Waals surface area contributed by atoms with Crippen LogP contribution in [-0.4, -0.2) is 28.8 Å². The zero-order valence-corrected chi connectivity index (χ0v) is 13.0. The van der Waals surface area contributed by atoms with Crippen molar-refractivity contribution in [2.75, 3.05) is 7.11 Å². The van der Waals surface area contributed by atoms with Gasteiger partial charge in [-0.15, -0.1) is 0 Å². The molecular weight excluding hydrogens is 278 g/mol. The van der Waals surface area contributed by atoms with Crippen LogP contribution in [0.15, 0.2) is 30.3 Å². The molecule has 0 spiro atoms. The lowest BCUT2D eigenvalue weighted by Gasteiger charge is -2.10. The fourth-order valence-corrected chi connectivity index (χ4v) is 2.92. The maximum Gasteiger partial charge on any atom is 0.272 e. The highest BCUT2D eigenvalue weighted by molar-refractivity contribution is 5.92. The highest BCUT2D eigenvalue weighted by Gasteiger charge is 2.20. The van der Waals surface area contributed by atoms with Gasteiger partial charge < -0.3 is 10.1 Å². The first-order valence-corrected chi connectivity index (χ1v) is 7.69. The Kier molecular flexibility index (Phi) is 4.13. The first kappa shape index (κ1) is 14.6. The van der Waals surface area contributed by atoms with Gasteiger partial charge in [0, 0.05) is 17.8 Å². The standard InChI is InChI=1S/C17H21N3O2/c1-12-10-16(17(21)18-13-6-3-4-7-13)19-20(12)14-8-5-9-15(11-14)22-2/h5,8-11,13H,3-4,6-7H2,1-2H3,(H,18,21). The van der Waals surface area contributed by atoms with Gasteiger partial charge in [-0.1, -0.05) is 18.9 Å². The number of hydrogen-bond acceptors (Lipinski definition) is 3. The molecule has 0 radical (unpaired) electrons. The molecule has 1 amide bonds. The van der Waals surface area contributed by atoms with Gasteiger partial charge >= 0.3 is 0 Å². The van der Waals surface area contributed by atoms with Crippen LogP contribution in [0.2, 0.25) is 0 Å². The molecule has 1 aromatic heterocycles. The minimum Gasteiger partial charge on any atom is -0.497 e. The van der Waals surface area contributed by atoms with Gasteiger partial charge in [0.1, 0.15) is 5.75 Å². The number of amides is 1. The molecule has 1 fully saturated rings. The van der Waals surface area contributed by atoms with E-state index in [1.54, 1.807) is 11.8 Å². The van der Waals surface area contributed by atoms with Crippen LogP contribution in [0.1, 0.15) is 41.9 Å². The Bertz CT molecular complexity index is 672. The van der Waals surface area contributed by atoms with Gasteiger partial charge in [0.15, 0.2) is 5.69 Å². The van der Waals surface area contributed by atoms with E-state index in [1.165, 1.54) is 12.8 Å². The summed E-state index contributed by atoms with van der Waals surface area (Å²) in [5.74, 6) is 0.681. The third-order valence-electron chi connectivity index (χ3n) is 4.11. The molecule has 0 unspecified atom stereocenters. The highest BCUT2D eigenvalue weighted by atomic mass is 16.5. The van der Waals surface area contributed by atoms with Crippen molar-refractivity contribution in [3.05, 3.63) is 41.7 Å². The number of benzene rings is 1. The van der Waals surface area contributed by atoms with E-state index < -0.39 is 0 Å². The van der Waals surface area contributed by atoms with Gasteiger partial charge in [0.05, 0.1) is 12.8 Å². The Labute approximate surface area is 130 Å². The van der Waals surface area contributed by atoms with Crippen molar-refractivity contribution >= 4 is 5.91 Å². The molecule has 1 heterocycles. The maximum atomic E-state index is 12.3. The van der Waals surface area contributed by atoms with Gasteiger partial charge in [0.2, 0.25) is 0 Å². The van der Waals surface area contributed by atoms with E-state index in [1.807, 2.05) is 37.3 Å². The van der Waals surface area contributed by atoms with Crippen LogP contribution >= 0.6 is 0 Å². The van der Waals surface area contributed by atoms with Crippen molar-refractivity contribution in [3.8, 4) is 11.4 Å². The molecule has 0 atom stereocenters. The lowest BCUT2D eigenvalue weighted by molar-refractivity contribution is 0.0932. The number of nitrogens with zero attached hydrogens (tertiary/aromatic N) is 2. The molecule has 22 heavy (non-hydrogen) atoms. The number of aromatic nitrogens is 2. The molecule has 2 aromatic rings. The number of carbonyl (C=O) groups excluding carboxylic acids is 1. The Balaban J connectivity index is 1.81. The van der Waals surface area contributed by atoms with E-state index in [0.717, 1.165) is 30.0 Å². The average Bonchev–Trinajstić information content (AvgIpc) is 3.17. The van der Waals surface area contributed by atoms with E-state index in [4.69, 9.17) is 4.74 Å². The van der Waals surface area contributed by atoms with Crippen LogP contribution in [0, 0.1) is 6.92 Å². The molecular formula is C17H21N3O2. The maximum absolute atomic E-state index is 12.3. The van der Waals surface area contributed by atoms with Crippen LogP contribution < -0.4 is 10.1 Å². The summed E-state index contributed by atoms with van der Waals surface area (Å²) in [6, 6.07) is 9.77. The van der Waals surface area contributed by atoms with Crippen LogP contribution in [-0.2, 0) is 0 Å². The third-order valence-corrected chi connectivity index (χ3v) is 4.11. The highest BCUT2D eigenvalue weighted by Crippen LogP contribution is 2.20. The first-order chi connectivity index (χ1) is 10.7. The monoisotopic (exact) mass is 299 g/mol. The molecule has 1 aliphatic carbocycles. The SMILES string of the molecule is COc1cccc(-n2nc(C(=O)NC3CCCC3)cc2C)c1. The Morgan fingerprint density at radius 2 is 2.09 bits per heavy atom. The van der Waals surface area contributed by atoms with Gasteiger partial charge in [0.25, 0.3) is 5.91 Å². The molecule has 1 saturated carbocycles. The van der Waals surface area contributed by atoms with Gasteiger partial charge in [-0.25, -0.2) is 4.68 Å². The van der Waals surface area contributed by atoms with E-state index in [2.05, 4.69) is 10.4 Å². The molecule has 0 saturated heterocycles. The minimum absolute atomic E-state index is 0.0864. The lowest BCUT2D eigenvalue weighted by Crippen LogP contribution is -2.32. The van der Waals surface area contributed by atoms with Gasteiger partial charge in [-0.05, 0) is 38.0 Å². The number of nitrogens with one attached hydrogen (secondary N) is 1. The summed E-state index contributed by atoms with van der Waals surface area (Å²) in [5.41, 5.74) is 2.27. The van der Waals surface area contributed by atoms with Crippen molar-refractivity contribution in [2.45, 2.75) is 38.6 Å². The summed E-state index contributed by atoms with van der Waals surface area (Å²) in [6.07, 6.45) is 4.53. The van der Waals surface area contributed by atoms with Crippen molar-refractivity contribution in [3.63, 3.8) is 0 Å². The number of ether oxygens (including phenoxy) is 1. The normalized spacial score (nSPS) is 15.0. The van der Waals surface area contributed by atoms with Crippen LogP contribution in [0.3, 0.4) is 0 Å². The minimum atomic E-state index is -0.0864. The second-order valence-electron chi connectivity index (χ2n) is 5.74. The fourth-order valence-electron chi connectivity index (χ4n) is 2.92. The van der Waals surface area contributed by atoms with Crippen LogP contribution in [0.25, 0.3) is 5.69 Å². The predicted molar refractivity (Wildman–Crippen MR) is 84.6 cm³/mol. The summed E-state index contributed by atoms with van der Waals surface area (Å²) in [6.45, 7) is 1.94. The molecule has 0 bridgehead atoms. The fraction of sp³-hybridized carbons (Fsp3) is 0.412. The third kappa shape index (κ3) is 2.98. The molecule has 1 N–H and O–H groups in total. The van der Waals surface area contributed by atoms with Crippen molar-refractivity contribution in [1.82, 2.24) is 15.1 Å². The molecule has 1 aromatic carbocycles. The quantitative estimate of drug-likeness (QED) is 0.944. The van der Waals surface area contributed by atoms with Crippen molar-refractivity contribution in [1.29, 1.82) is 0 Å². The molecule has 3 rings (SSSR count). The lowest BCUT2D eigenvalue weighted by atomic mass is 10.2. The summed E-state index contributed by atoms with van der Waals surface area (Å²) < 4.78 is 7.01. The average molecular weight is 299 g/mol. The molecule has 0 aliphatic heterocycles. The van der Waals surface area contributed by atoms with Crippen molar-refractivity contribution < 1.29 is 9.53 Å². The van der Waals surface area contributed by atoms with E-state index in [9.17, 15) is 4.79 Å². The first-order valence-electron chi connectivity index (χ1n) is 7.69. The number of methoxy groups -OCH3 is 1. The molecule has 5 nitrogen and oxygen atoms in total. The number of carbonyl (C=O) groups is 1. The Hall–Kier alpha value is -2.30. The van der Waals surface area contributed by atoms with Gasteiger partial charge in [-0.3, -0.25) is 4.79 Å². The van der Waals surface area contributed by atoms with Crippen LogP contribution in [0.4, 0.5) is 0 Å². The number of rotatable bonds is 4. The van der Waals surface area contributed by atoms with Crippen LogP contribution in [0.5, 0.6) is 5.75 Å². The predicted octanol–water partition coefficient (Wildman–Crippen LogP) is 2.86. The van der Waals surface area contributed by atoms with E-state index in [-0.39, 0.29) is 5.91 Å². The second-order valence-corrected chi connectivity index (χ2v) is 5.74.